The van der Waals surface area contributed by atoms with Gasteiger partial charge in [0.25, 0.3) is 0 Å². The second kappa shape index (κ2) is 13.8. The first kappa shape index (κ1) is 33.5. The third kappa shape index (κ3) is 10.7. The van der Waals surface area contributed by atoms with Crippen LogP contribution in [0.25, 0.3) is 0 Å². The van der Waals surface area contributed by atoms with Gasteiger partial charge < -0.3 is 31.1 Å². The van der Waals surface area contributed by atoms with Crippen molar-refractivity contribution >= 4 is 23.9 Å². The van der Waals surface area contributed by atoms with E-state index in [-0.39, 0.29) is 16.9 Å². The van der Waals surface area contributed by atoms with Gasteiger partial charge in [-0.05, 0) is 46.6 Å². The van der Waals surface area contributed by atoms with Crippen LogP contribution >= 0.6 is 0 Å². The van der Waals surface area contributed by atoms with Crippen LogP contribution in [0.15, 0.2) is 36.7 Å². The largest absolute Gasteiger partial charge is 0.481 e. The van der Waals surface area contributed by atoms with Gasteiger partial charge in [-0.3, -0.25) is 14.5 Å². The first-order valence-corrected chi connectivity index (χ1v) is 13.1. The first-order valence-electron chi connectivity index (χ1n) is 13.1. The number of hydrogen-bond donors (Lipinski definition) is 6. The monoisotopic (exact) mass is 577 g/mol. The highest BCUT2D eigenvalue weighted by molar-refractivity contribution is 5.88. The van der Waals surface area contributed by atoms with E-state index in [9.17, 15) is 18.8 Å². The molecule has 0 aliphatic carbocycles. The second-order valence-corrected chi connectivity index (χ2v) is 11.6. The number of benzene rings is 1. The van der Waals surface area contributed by atoms with Crippen molar-refractivity contribution < 1.29 is 39.2 Å². The topological polar surface area (TPSA) is 185 Å². The molecule has 1 aliphatic rings. The van der Waals surface area contributed by atoms with E-state index in [4.69, 9.17) is 20.4 Å². The Labute approximate surface area is 238 Å². The zero-order chi connectivity index (χ0) is 31.0. The van der Waals surface area contributed by atoms with Crippen LogP contribution in [0.1, 0.15) is 64.5 Å². The number of anilines is 1. The number of carbonyl (C=O) groups is 3. The van der Waals surface area contributed by atoms with Crippen molar-refractivity contribution in [1.82, 2.24) is 20.2 Å². The predicted molar refractivity (Wildman–Crippen MR) is 149 cm³/mol. The van der Waals surface area contributed by atoms with Crippen LogP contribution in [-0.2, 0) is 27.5 Å². The van der Waals surface area contributed by atoms with Gasteiger partial charge in [0.15, 0.2) is 5.60 Å². The summed E-state index contributed by atoms with van der Waals surface area (Å²) in [5, 5.41) is 40.5. The Balaban J connectivity index is 0.000000383. The summed E-state index contributed by atoms with van der Waals surface area (Å²) in [5.74, 6) is -4.56. The molecule has 0 spiro atoms. The predicted octanol–water partition coefficient (Wildman–Crippen LogP) is 2.72. The number of carboxylic acid groups (broad SMARTS) is 3. The van der Waals surface area contributed by atoms with E-state index < -0.39 is 36.4 Å². The van der Waals surface area contributed by atoms with Crippen molar-refractivity contribution in [3.05, 3.63) is 53.6 Å². The zero-order valence-electron chi connectivity index (χ0n) is 24.0. The molecule has 2 aromatic rings. The van der Waals surface area contributed by atoms with Gasteiger partial charge in [0.05, 0.1) is 12.8 Å². The van der Waals surface area contributed by atoms with Crippen LogP contribution in [-0.4, -0.2) is 83.0 Å². The fraction of sp³-hybridized carbons (Fsp3) is 0.536. The van der Waals surface area contributed by atoms with Gasteiger partial charge in [0.1, 0.15) is 5.82 Å². The first-order chi connectivity index (χ1) is 18.9. The molecule has 0 bridgehead atoms. The van der Waals surface area contributed by atoms with Gasteiger partial charge in [0.2, 0.25) is 5.95 Å². The Hall–Kier alpha value is -3.68. The van der Waals surface area contributed by atoms with Crippen LogP contribution in [0.3, 0.4) is 0 Å². The number of aromatic nitrogens is 2. The van der Waals surface area contributed by atoms with Crippen molar-refractivity contribution in [3.63, 3.8) is 0 Å². The summed E-state index contributed by atoms with van der Waals surface area (Å²) < 4.78 is 14.4. The van der Waals surface area contributed by atoms with Gasteiger partial charge >= 0.3 is 17.9 Å². The van der Waals surface area contributed by atoms with E-state index in [0.717, 1.165) is 24.0 Å². The number of nitrogens with zero attached hydrogens (tertiary/aromatic N) is 3. The smallest absolute Gasteiger partial charge is 0.336 e. The molecule has 41 heavy (non-hydrogen) atoms. The quantitative estimate of drug-likeness (QED) is 0.230. The van der Waals surface area contributed by atoms with Crippen LogP contribution in [0.4, 0.5) is 10.3 Å². The van der Waals surface area contributed by atoms with E-state index >= 15 is 0 Å². The summed E-state index contributed by atoms with van der Waals surface area (Å²) in [6, 6.07) is 7.38. The third-order valence-corrected chi connectivity index (χ3v) is 6.62. The van der Waals surface area contributed by atoms with E-state index in [1.165, 1.54) is 6.07 Å². The highest BCUT2D eigenvalue weighted by Gasteiger charge is 2.41. The minimum absolute atomic E-state index is 0.0202. The minimum atomic E-state index is -2.74. The minimum Gasteiger partial charge on any atom is -0.481 e. The molecule has 0 unspecified atom stereocenters. The number of aliphatic carboxylic acids is 3. The number of halogens is 1. The Morgan fingerprint density at radius 3 is 1.95 bits per heavy atom. The summed E-state index contributed by atoms with van der Waals surface area (Å²) in [4.78, 5) is 41.5. The molecule has 12 nitrogen and oxygen atoms in total. The lowest BCUT2D eigenvalue weighted by Crippen LogP contribution is -2.62. The standard InChI is InChI=1S/C22H32FN5.C6H8O7/c1-21(2)10-18(11-22(3,4)27-21)28(15-17-8-6-7-9-19(17)23)14-16-12-25-20(24-5)26-13-16;7-3(8)1-6(13,5(11)12)2-4(9)10/h6-9,12-13,18,27H,10-11,14-15H2,1-5H3,(H,24,25,26);13H,1-2H2,(H,7,8)(H,9,10)(H,11,12). The molecule has 0 atom stereocenters. The van der Waals surface area contributed by atoms with Crippen LogP contribution in [0.2, 0.25) is 0 Å². The van der Waals surface area contributed by atoms with E-state index in [0.29, 0.717) is 25.1 Å². The summed E-state index contributed by atoms with van der Waals surface area (Å²) in [6.45, 7) is 10.2. The number of rotatable bonds is 11. The van der Waals surface area contributed by atoms with Crippen molar-refractivity contribution in [2.75, 3.05) is 12.4 Å². The van der Waals surface area contributed by atoms with Crippen molar-refractivity contribution in [2.24, 2.45) is 0 Å². The fourth-order valence-electron chi connectivity index (χ4n) is 5.20. The molecular formula is C28H40FN5O7. The molecule has 2 heterocycles. The summed E-state index contributed by atoms with van der Waals surface area (Å²) in [7, 11) is 1.80. The zero-order valence-corrected chi connectivity index (χ0v) is 24.0. The number of nitrogens with one attached hydrogen (secondary N) is 2. The number of carboxylic acids is 3. The second-order valence-electron chi connectivity index (χ2n) is 11.6. The van der Waals surface area contributed by atoms with Crippen LogP contribution in [0.5, 0.6) is 0 Å². The molecular weight excluding hydrogens is 537 g/mol. The molecule has 1 aromatic carbocycles. The van der Waals surface area contributed by atoms with E-state index in [1.807, 2.05) is 24.5 Å². The van der Waals surface area contributed by atoms with Crippen molar-refractivity contribution in [2.45, 2.75) is 89.2 Å². The molecule has 0 radical (unpaired) electrons. The molecule has 1 aliphatic heterocycles. The van der Waals surface area contributed by atoms with Gasteiger partial charge in [-0.1, -0.05) is 18.2 Å². The molecule has 226 valence electrons. The van der Waals surface area contributed by atoms with Gasteiger partial charge in [-0.25, -0.2) is 19.2 Å². The lowest BCUT2D eigenvalue weighted by atomic mass is 9.79. The average Bonchev–Trinajstić information content (AvgIpc) is 2.83. The van der Waals surface area contributed by atoms with Crippen molar-refractivity contribution in [3.8, 4) is 0 Å². The molecule has 0 saturated carbocycles. The fourth-order valence-corrected chi connectivity index (χ4v) is 5.20. The van der Waals surface area contributed by atoms with E-state index in [2.05, 4.69) is 53.2 Å². The molecule has 1 aromatic heterocycles. The molecule has 6 N–H and O–H groups in total. The van der Waals surface area contributed by atoms with Gasteiger partial charge in [-0.2, -0.15) is 0 Å². The maximum absolute atomic E-state index is 14.4. The van der Waals surface area contributed by atoms with Gasteiger partial charge in [-0.15, -0.1) is 0 Å². The van der Waals surface area contributed by atoms with Crippen LogP contribution < -0.4 is 10.6 Å². The number of piperidine rings is 1. The summed E-state index contributed by atoms with van der Waals surface area (Å²) in [6.07, 6.45) is 3.42. The Bertz CT molecular complexity index is 1170. The molecule has 1 fully saturated rings. The number of aliphatic hydroxyl groups is 1. The SMILES string of the molecule is CNc1ncc(CN(Cc2ccccc2F)C2CC(C)(C)NC(C)(C)C2)cn1.O=C(O)CC(O)(CC(=O)O)C(=O)O. The summed E-state index contributed by atoms with van der Waals surface area (Å²) in [5.41, 5.74) is -0.940. The Morgan fingerprint density at radius 1 is 1.00 bits per heavy atom. The summed E-state index contributed by atoms with van der Waals surface area (Å²) >= 11 is 0. The maximum atomic E-state index is 14.4. The Morgan fingerprint density at radius 2 is 1.51 bits per heavy atom. The third-order valence-electron chi connectivity index (χ3n) is 6.62. The molecule has 0 amide bonds. The van der Waals surface area contributed by atoms with Crippen molar-refractivity contribution in [1.29, 1.82) is 0 Å². The highest BCUT2D eigenvalue weighted by Crippen LogP contribution is 2.33. The van der Waals surface area contributed by atoms with Gasteiger partial charge in [0, 0.05) is 60.8 Å². The highest BCUT2D eigenvalue weighted by atomic mass is 19.1. The van der Waals surface area contributed by atoms with Crippen LogP contribution in [0, 0.1) is 5.82 Å². The normalized spacial score (nSPS) is 16.4. The average molecular weight is 578 g/mol. The maximum Gasteiger partial charge on any atom is 0.336 e. The molecule has 13 heteroatoms. The lowest BCUT2D eigenvalue weighted by Gasteiger charge is -2.49. The lowest BCUT2D eigenvalue weighted by molar-refractivity contribution is -0.170. The Kier molecular flexibility index (Phi) is 11.3. The number of hydrogen-bond acceptors (Lipinski definition) is 9. The molecule has 1 saturated heterocycles. The van der Waals surface area contributed by atoms with E-state index in [1.54, 1.807) is 13.1 Å². The molecule has 3 rings (SSSR count).